The Labute approximate surface area is 107 Å². The van der Waals surface area contributed by atoms with Crippen LogP contribution in [0.15, 0.2) is 36.4 Å². The Kier molecular flexibility index (Phi) is 3.55. The number of rotatable bonds is 3. The summed E-state index contributed by atoms with van der Waals surface area (Å²) in [6, 6.07) is 9.49. The number of nitrogens with zero attached hydrogens (tertiary/aromatic N) is 2. The predicted molar refractivity (Wildman–Crippen MR) is 62.2 cm³/mol. The first-order valence-corrected chi connectivity index (χ1v) is 5.34. The third-order valence-electron chi connectivity index (χ3n) is 2.30. The van der Waals surface area contributed by atoms with Crippen molar-refractivity contribution in [2.45, 2.75) is 12.8 Å². The molecule has 0 aliphatic carbocycles. The average Bonchev–Trinajstić information content (AvgIpc) is 2.37. The number of hydrogen-bond donors (Lipinski definition) is 1. The molecule has 0 fully saturated rings. The van der Waals surface area contributed by atoms with Crippen molar-refractivity contribution in [3.05, 3.63) is 47.5 Å². The summed E-state index contributed by atoms with van der Waals surface area (Å²) in [6.45, 7) is -0.0253. The van der Waals surface area contributed by atoms with Gasteiger partial charge in [-0.25, -0.2) is 0 Å². The van der Waals surface area contributed by atoms with Crippen LogP contribution in [0.2, 0.25) is 0 Å². The van der Waals surface area contributed by atoms with E-state index >= 15 is 0 Å². The molecule has 0 spiro atoms. The lowest BCUT2D eigenvalue weighted by Gasteiger charge is -2.12. The topological polar surface area (TPSA) is 61.0 Å². The molecule has 0 aliphatic heterocycles. The lowest BCUT2D eigenvalue weighted by Crippen LogP contribution is -2.12. The average molecular weight is 269 g/mol. The third-order valence-corrected chi connectivity index (χ3v) is 2.30. The van der Waals surface area contributed by atoms with Crippen LogP contribution in [0.5, 0.6) is 5.88 Å². The number of alkyl halides is 3. The van der Waals surface area contributed by atoms with Crippen LogP contribution < -0.4 is 10.5 Å². The van der Waals surface area contributed by atoms with Gasteiger partial charge in [0.2, 0.25) is 5.88 Å². The molecule has 2 rings (SSSR count). The van der Waals surface area contributed by atoms with Gasteiger partial charge in [-0.05, 0) is 11.6 Å². The molecule has 2 N–H and O–H groups in total. The van der Waals surface area contributed by atoms with Crippen LogP contribution in [0, 0.1) is 0 Å². The van der Waals surface area contributed by atoms with Crippen molar-refractivity contribution in [1.82, 2.24) is 10.2 Å². The van der Waals surface area contributed by atoms with Crippen LogP contribution in [-0.2, 0) is 12.8 Å². The van der Waals surface area contributed by atoms with E-state index in [1.807, 2.05) is 0 Å². The minimum Gasteiger partial charge on any atom is -0.471 e. The van der Waals surface area contributed by atoms with E-state index in [0.717, 1.165) is 5.56 Å². The molecule has 0 saturated heterocycles. The van der Waals surface area contributed by atoms with E-state index in [0.29, 0.717) is 6.07 Å². The summed E-state index contributed by atoms with van der Waals surface area (Å²) in [7, 11) is 0. The van der Waals surface area contributed by atoms with Crippen molar-refractivity contribution in [3.63, 3.8) is 0 Å². The number of nitrogens with two attached hydrogens (primary N) is 1. The second-order valence-electron chi connectivity index (χ2n) is 3.76. The van der Waals surface area contributed by atoms with Gasteiger partial charge in [-0.15, -0.1) is 10.2 Å². The van der Waals surface area contributed by atoms with Crippen LogP contribution in [0.3, 0.4) is 0 Å². The summed E-state index contributed by atoms with van der Waals surface area (Å²) in [5.41, 5.74) is 4.90. The fourth-order valence-electron chi connectivity index (χ4n) is 1.43. The monoisotopic (exact) mass is 269 g/mol. The number of anilines is 1. The van der Waals surface area contributed by atoms with Gasteiger partial charge in [0, 0.05) is 0 Å². The summed E-state index contributed by atoms with van der Waals surface area (Å²) in [4.78, 5) is 0. The summed E-state index contributed by atoms with van der Waals surface area (Å²) < 4.78 is 43.3. The van der Waals surface area contributed by atoms with E-state index in [1.165, 1.54) is 0 Å². The van der Waals surface area contributed by atoms with Crippen LogP contribution in [0.1, 0.15) is 11.1 Å². The summed E-state index contributed by atoms with van der Waals surface area (Å²) in [5, 5.41) is 6.71. The standard InChI is InChI=1S/C12H10F3N3O/c13-12(14,15)9-6-10(16)17-18-11(9)19-7-8-4-2-1-3-5-8/h1-6H,7H2,(H2,16,17). The van der Waals surface area contributed by atoms with Crippen molar-refractivity contribution in [3.8, 4) is 5.88 Å². The van der Waals surface area contributed by atoms with Crippen molar-refractivity contribution < 1.29 is 17.9 Å². The van der Waals surface area contributed by atoms with Crippen molar-refractivity contribution in [1.29, 1.82) is 0 Å². The van der Waals surface area contributed by atoms with Crippen molar-refractivity contribution >= 4 is 5.82 Å². The van der Waals surface area contributed by atoms with Gasteiger partial charge in [-0.2, -0.15) is 13.2 Å². The molecule has 0 unspecified atom stereocenters. The van der Waals surface area contributed by atoms with E-state index in [2.05, 4.69) is 10.2 Å². The van der Waals surface area contributed by atoms with E-state index in [-0.39, 0.29) is 12.4 Å². The zero-order chi connectivity index (χ0) is 13.9. The summed E-state index contributed by atoms with van der Waals surface area (Å²) in [6.07, 6.45) is -4.59. The first kappa shape index (κ1) is 13.1. The lowest BCUT2D eigenvalue weighted by atomic mass is 10.2. The van der Waals surface area contributed by atoms with Gasteiger partial charge in [0.25, 0.3) is 0 Å². The van der Waals surface area contributed by atoms with E-state index in [4.69, 9.17) is 10.5 Å². The molecule has 2 aromatic rings. The number of hydrogen-bond acceptors (Lipinski definition) is 4. The fraction of sp³-hybridized carbons (Fsp3) is 0.167. The zero-order valence-electron chi connectivity index (χ0n) is 9.69. The number of benzene rings is 1. The molecule has 0 radical (unpaired) electrons. The lowest BCUT2D eigenvalue weighted by molar-refractivity contribution is -0.139. The fourth-order valence-corrected chi connectivity index (χ4v) is 1.43. The second kappa shape index (κ2) is 5.13. The van der Waals surface area contributed by atoms with Crippen LogP contribution >= 0.6 is 0 Å². The summed E-state index contributed by atoms with van der Waals surface area (Å²) in [5.74, 6) is -0.884. The largest absolute Gasteiger partial charge is 0.471 e. The normalized spacial score (nSPS) is 11.3. The first-order valence-electron chi connectivity index (χ1n) is 5.34. The van der Waals surface area contributed by atoms with E-state index in [1.54, 1.807) is 30.3 Å². The summed E-state index contributed by atoms with van der Waals surface area (Å²) >= 11 is 0. The number of ether oxygens (including phenoxy) is 1. The Morgan fingerprint density at radius 1 is 1.11 bits per heavy atom. The zero-order valence-corrected chi connectivity index (χ0v) is 9.69. The molecule has 0 saturated carbocycles. The SMILES string of the molecule is Nc1cc(C(F)(F)F)c(OCc2ccccc2)nn1. The maximum Gasteiger partial charge on any atom is 0.421 e. The minimum atomic E-state index is -4.59. The smallest absolute Gasteiger partial charge is 0.421 e. The molecular weight excluding hydrogens is 259 g/mol. The van der Waals surface area contributed by atoms with E-state index < -0.39 is 17.6 Å². The highest BCUT2D eigenvalue weighted by atomic mass is 19.4. The van der Waals surface area contributed by atoms with Gasteiger partial charge >= 0.3 is 6.18 Å². The Hall–Kier alpha value is -2.31. The molecule has 100 valence electrons. The number of nitrogen functional groups attached to an aromatic ring is 1. The van der Waals surface area contributed by atoms with Gasteiger partial charge in [0.1, 0.15) is 18.0 Å². The highest BCUT2D eigenvalue weighted by Gasteiger charge is 2.36. The molecule has 1 heterocycles. The molecular formula is C12H10F3N3O. The quantitative estimate of drug-likeness (QED) is 0.930. The molecule has 0 bridgehead atoms. The van der Waals surface area contributed by atoms with Gasteiger partial charge in [-0.3, -0.25) is 0 Å². The van der Waals surface area contributed by atoms with Crippen LogP contribution in [0.25, 0.3) is 0 Å². The minimum absolute atomic E-state index is 0.0253. The molecule has 0 atom stereocenters. The molecule has 7 heteroatoms. The molecule has 0 aliphatic rings. The van der Waals surface area contributed by atoms with Crippen LogP contribution in [-0.4, -0.2) is 10.2 Å². The van der Waals surface area contributed by atoms with Gasteiger partial charge in [0.05, 0.1) is 0 Å². The molecule has 1 aromatic heterocycles. The Morgan fingerprint density at radius 2 is 1.79 bits per heavy atom. The van der Waals surface area contributed by atoms with E-state index in [9.17, 15) is 13.2 Å². The maximum absolute atomic E-state index is 12.8. The Bertz CT molecular complexity index is 558. The van der Waals surface area contributed by atoms with Gasteiger partial charge < -0.3 is 10.5 Å². The third kappa shape index (κ3) is 3.34. The van der Waals surface area contributed by atoms with Gasteiger partial charge in [-0.1, -0.05) is 30.3 Å². The number of halogens is 3. The molecule has 0 amide bonds. The highest BCUT2D eigenvalue weighted by molar-refractivity contribution is 5.38. The van der Waals surface area contributed by atoms with Gasteiger partial charge in [0.15, 0.2) is 0 Å². The first-order chi connectivity index (χ1) is 8.97. The van der Waals surface area contributed by atoms with Crippen molar-refractivity contribution in [2.75, 3.05) is 5.73 Å². The van der Waals surface area contributed by atoms with Crippen LogP contribution in [0.4, 0.5) is 19.0 Å². The van der Waals surface area contributed by atoms with Crippen molar-refractivity contribution in [2.24, 2.45) is 0 Å². The second-order valence-corrected chi connectivity index (χ2v) is 3.76. The maximum atomic E-state index is 12.8. The number of aromatic nitrogens is 2. The molecule has 4 nitrogen and oxygen atoms in total. The Morgan fingerprint density at radius 3 is 2.42 bits per heavy atom. The highest BCUT2D eigenvalue weighted by Crippen LogP contribution is 2.35. The predicted octanol–water partition coefficient (Wildman–Crippen LogP) is 2.66. The Balaban J connectivity index is 2.21. The molecule has 1 aromatic carbocycles. The molecule has 19 heavy (non-hydrogen) atoms.